The Hall–Kier alpha value is -3.18. The molecule has 2 aromatic heterocycles. The lowest BCUT2D eigenvalue weighted by Crippen LogP contribution is -2.13. The first-order valence-corrected chi connectivity index (χ1v) is 9.10. The summed E-state index contributed by atoms with van der Waals surface area (Å²) < 4.78 is 1.03. The van der Waals surface area contributed by atoms with E-state index in [1.807, 2.05) is 12.1 Å². The Morgan fingerprint density at radius 3 is 2.81 bits per heavy atom. The predicted molar refractivity (Wildman–Crippen MR) is 110 cm³/mol. The number of amides is 1. The van der Waals surface area contributed by atoms with Gasteiger partial charge in [0.1, 0.15) is 5.82 Å². The monoisotopic (exact) mass is 359 g/mol. The van der Waals surface area contributed by atoms with Gasteiger partial charge < -0.3 is 11.1 Å². The lowest BCUT2D eigenvalue weighted by molar-refractivity contribution is -0.115. The molecule has 0 saturated heterocycles. The van der Waals surface area contributed by atoms with Crippen LogP contribution < -0.4 is 11.1 Å². The summed E-state index contributed by atoms with van der Waals surface area (Å²) >= 11 is 1.61. The topological polar surface area (TPSA) is 68.0 Å². The molecule has 26 heavy (non-hydrogen) atoms. The zero-order valence-corrected chi connectivity index (χ0v) is 15.0. The molecule has 0 atom stereocenters. The van der Waals surface area contributed by atoms with Crippen LogP contribution in [0.4, 0.5) is 5.82 Å². The van der Waals surface area contributed by atoms with Gasteiger partial charge in [-0.1, -0.05) is 36.4 Å². The number of nitrogens with zero attached hydrogens (tertiary/aromatic N) is 1. The lowest BCUT2D eigenvalue weighted by Gasteiger charge is -2.06. The quantitative estimate of drug-likeness (QED) is 0.531. The molecule has 0 unspecified atom stereocenters. The van der Waals surface area contributed by atoms with Crippen LogP contribution in [0, 0.1) is 0 Å². The van der Waals surface area contributed by atoms with Crippen molar-refractivity contribution in [3.05, 3.63) is 65.7 Å². The number of benzene rings is 2. The highest BCUT2D eigenvalue weighted by molar-refractivity contribution is 7.18. The van der Waals surface area contributed by atoms with Gasteiger partial charge in [-0.15, -0.1) is 11.3 Å². The molecule has 0 saturated carbocycles. The molecule has 5 heteroatoms. The molecular formula is C21H17N3OS. The number of anilines is 1. The normalized spacial score (nSPS) is 11.4. The molecule has 128 valence electrons. The molecule has 4 rings (SSSR count). The van der Waals surface area contributed by atoms with Crippen molar-refractivity contribution in [2.24, 2.45) is 0 Å². The van der Waals surface area contributed by atoms with Gasteiger partial charge in [-0.05, 0) is 33.9 Å². The third-order valence-corrected chi connectivity index (χ3v) is 5.40. The Labute approximate surface area is 155 Å². The molecule has 0 bridgehead atoms. The average molecular weight is 359 g/mol. The van der Waals surface area contributed by atoms with Crippen molar-refractivity contribution in [1.82, 2.24) is 10.3 Å². The van der Waals surface area contributed by atoms with E-state index in [1.165, 1.54) is 16.8 Å². The minimum Gasteiger partial charge on any atom is -0.383 e. The largest absolute Gasteiger partial charge is 0.383 e. The highest BCUT2D eigenvalue weighted by atomic mass is 32.1. The third kappa shape index (κ3) is 2.82. The number of nitrogens with two attached hydrogens (primary N) is 1. The number of likely N-dealkylation sites (N-methyl/N-ethyl adjacent to an activating group) is 1. The second-order valence-corrected chi connectivity index (χ2v) is 6.84. The van der Waals surface area contributed by atoms with Gasteiger partial charge in [0, 0.05) is 40.5 Å². The zero-order chi connectivity index (χ0) is 18.1. The van der Waals surface area contributed by atoms with Crippen LogP contribution in [0.3, 0.4) is 0 Å². The Kier molecular flexibility index (Phi) is 4.14. The van der Waals surface area contributed by atoms with Gasteiger partial charge in [0.2, 0.25) is 5.91 Å². The summed E-state index contributed by atoms with van der Waals surface area (Å²) in [5.41, 5.74) is 9.25. The number of thiophene rings is 1. The van der Waals surface area contributed by atoms with Crippen molar-refractivity contribution in [1.29, 1.82) is 0 Å². The third-order valence-electron chi connectivity index (χ3n) is 4.37. The van der Waals surface area contributed by atoms with Gasteiger partial charge >= 0.3 is 0 Å². The number of fused-ring (bicyclic) bond motifs is 2. The van der Waals surface area contributed by atoms with Gasteiger partial charge in [-0.25, -0.2) is 4.98 Å². The van der Waals surface area contributed by atoms with E-state index < -0.39 is 0 Å². The standard InChI is InChI=1S/C21H17N3OS/c1-23-18(25)9-8-16-11-24-21(22)19-17(12-26-20(16)19)15-7-6-13-4-2-3-5-14(13)10-15/h2-12H,1H3,(H2,22,24)(H,23,25)/b9-8+. The van der Waals surface area contributed by atoms with Crippen molar-refractivity contribution >= 4 is 50.0 Å². The molecule has 2 aromatic carbocycles. The maximum Gasteiger partial charge on any atom is 0.243 e. The number of nitrogen functional groups attached to an aromatic ring is 1. The highest BCUT2D eigenvalue weighted by Crippen LogP contribution is 2.39. The lowest BCUT2D eigenvalue weighted by atomic mass is 10.0. The number of hydrogen-bond acceptors (Lipinski definition) is 4. The summed E-state index contributed by atoms with van der Waals surface area (Å²) in [7, 11) is 1.60. The Morgan fingerprint density at radius 1 is 1.19 bits per heavy atom. The van der Waals surface area contributed by atoms with Gasteiger partial charge in [-0.3, -0.25) is 4.79 Å². The summed E-state index contributed by atoms with van der Waals surface area (Å²) in [5.74, 6) is 0.350. The van der Waals surface area contributed by atoms with Gasteiger partial charge in [0.15, 0.2) is 0 Å². The van der Waals surface area contributed by atoms with Gasteiger partial charge in [0.05, 0.1) is 0 Å². The Morgan fingerprint density at radius 2 is 2.00 bits per heavy atom. The van der Waals surface area contributed by atoms with Crippen LogP contribution >= 0.6 is 11.3 Å². The average Bonchev–Trinajstić information content (AvgIpc) is 3.13. The molecule has 4 aromatic rings. The molecule has 1 amide bonds. The molecule has 2 heterocycles. The maximum atomic E-state index is 11.5. The Bertz CT molecular complexity index is 1160. The number of nitrogens with one attached hydrogen (secondary N) is 1. The molecule has 0 aliphatic rings. The smallest absolute Gasteiger partial charge is 0.243 e. The second-order valence-electron chi connectivity index (χ2n) is 5.96. The van der Waals surface area contributed by atoms with E-state index >= 15 is 0 Å². The number of pyridine rings is 1. The fourth-order valence-corrected chi connectivity index (χ4v) is 4.10. The second kappa shape index (κ2) is 6.61. The fraction of sp³-hybridized carbons (Fsp3) is 0.0476. The van der Waals surface area contributed by atoms with E-state index in [0.717, 1.165) is 26.8 Å². The number of carbonyl (C=O) groups is 1. The van der Waals surface area contributed by atoms with Gasteiger partial charge in [0.25, 0.3) is 0 Å². The first-order valence-electron chi connectivity index (χ1n) is 8.22. The number of carbonyl (C=O) groups excluding carboxylic acids is 1. The molecule has 0 aliphatic heterocycles. The summed E-state index contributed by atoms with van der Waals surface area (Å²) in [6, 6.07) is 14.7. The molecule has 0 spiro atoms. The Balaban J connectivity index is 1.88. The zero-order valence-electron chi connectivity index (χ0n) is 14.2. The molecule has 0 fully saturated rings. The van der Waals surface area contributed by atoms with Crippen LogP contribution in [-0.2, 0) is 4.79 Å². The minimum absolute atomic E-state index is 0.152. The number of rotatable bonds is 3. The molecular weight excluding hydrogens is 342 g/mol. The van der Waals surface area contributed by atoms with Crippen LogP contribution in [0.2, 0.25) is 0 Å². The molecule has 3 N–H and O–H groups in total. The fourth-order valence-electron chi connectivity index (χ4n) is 3.02. The van der Waals surface area contributed by atoms with E-state index in [4.69, 9.17) is 5.73 Å². The summed E-state index contributed by atoms with van der Waals surface area (Å²) in [5, 5.41) is 8.00. The summed E-state index contributed by atoms with van der Waals surface area (Å²) in [6.45, 7) is 0. The van der Waals surface area contributed by atoms with Crippen molar-refractivity contribution < 1.29 is 4.79 Å². The number of hydrogen-bond donors (Lipinski definition) is 2. The van der Waals surface area contributed by atoms with Crippen LogP contribution in [-0.4, -0.2) is 17.9 Å². The summed E-state index contributed by atoms with van der Waals surface area (Å²) in [6.07, 6.45) is 4.98. The van der Waals surface area contributed by atoms with E-state index in [-0.39, 0.29) is 5.91 Å². The molecule has 0 radical (unpaired) electrons. The van der Waals surface area contributed by atoms with E-state index in [9.17, 15) is 4.79 Å². The molecule has 0 aliphatic carbocycles. The van der Waals surface area contributed by atoms with E-state index in [1.54, 1.807) is 30.7 Å². The van der Waals surface area contributed by atoms with Crippen molar-refractivity contribution in [3.8, 4) is 11.1 Å². The van der Waals surface area contributed by atoms with Crippen molar-refractivity contribution in [2.75, 3.05) is 12.8 Å². The van der Waals surface area contributed by atoms with Gasteiger partial charge in [-0.2, -0.15) is 0 Å². The van der Waals surface area contributed by atoms with Crippen LogP contribution in [0.1, 0.15) is 5.56 Å². The van der Waals surface area contributed by atoms with Crippen LogP contribution in [0.25, 0.3) is 38.1 Å². The minimum atomic E-state index is -0.152. The SMILES string of the molecule is CNC(=O)/C=C/c1cnc(N)c2c(-c3ccc4ccccc4c3)csc12. The van der Waals surface area contributed by atoms with E-state index in [2.05, 4.69) is 46.0 Å². The van der Waals surface area contributed by atoms with Crippen molar-refractivity contribution in [3.63, 3.8) is 0 Å². The maximum absolute atomic E-state index is 11.5. The first-order chi connectivity index (χ1) is 12.7. The first kappa shape index (κ1) is 16.3. The predicted octanol–water partition coefficient (Wildman–Crippen LogP) is 4.46. The van der Waals surface area contributed by atoms with Crippen LogP contribution in [0.15, 0.2) is 60.1 Å². The summed E-state index contributed by atoms with van der Waals surface area (Å²) in [4.78, 5) is 15.8. The van der Waals surface area contributed by atoms with Crippen LogP contribution in [0.5, 0.6) is 0 Å². The molecule has 4 nitrogen and oxygen atoms in total. The highest BCUT2D eigenvalue weighted by Gasteiger charge is 2.13. The van der Waals surface area contributed by atoms with E-state index in [0.29, 0.717) is 5.82 Å². The van der Waals surface area contributed by atoms with Crippen molar-refractivity contribution in [2.45, 2.75) is 0 Å². The number of aromatic nitrogens is 1.